The molecule has 0 N–H and O–H groups in total. The second-order valence-corrected chi connectivity index (χ2v) is 4.01. The maximum atomic E-state index is 13.2. The summed E-state index contributed by atoms with van der Waals surface area (Å²) in [5, 5.41) is 0. The number of rotatable bonds is 4. The lowest BCUT2D eigenvalue weighted by molar-refractivity contribution is -0.159. The number of hydrogen-bond acceptors (Lipinski definition) is 3. The van der Waals surface area contributed by atoms with Gasteiger partial charge >= 0.3 is 12.3 Å². The summed E-state index contributed by atoms with van der Waals surface area (Å²) in [6.07, 6.45) is -2.08. The van der Waals surface area contributed by atoms with Crippen molar-refractivity contribution in [3.63, 3.8) is 0 Å². The minimum atomic E-state index is -2.08. The van der Waals surface area contributed by atoms with Crippen LogP contribution >= 0.6 is 15.9 Å². The van der Waals surface area contributed by atoms with Gasteiger partial charge in [0.15, 0.2) is 0 Å². The van der Waals surface area contributed by atoms with Gasteiger partial charge in [0.2, 0.25) is 0 Å². The first kappa shape index (κ1) is 13.0. The molecule has 1 aromatic rings. The third-order valence-electron chi connectivity index (χ3n) is 1.84. The van der Waals surface area contributed by atoms with Crippen LogP contribution in [0.3, 0.4) is 0 Å². The van der Waals surface area contributed by atoms with E-state index in [1.165, 1.54) is 0 Å². The van der Waals surface area contributed by atoms with E-state index in [-0.39, 0.29) is 6.61 Å². The Morgan fingerprint density at radius 2 is 2.25 bits per heavy atom. The fourth-order valence-corrected chi connectivity index (χ4v) is 1.59. The zero-order valence-electron chi connectivity index (χ0n) is 9.00. The van der Waals surface area contributed by atoms with Crippen molar-refractivity contribution in [3.8, 4) is 5.75 Å². The van der Waals surface area contributed by atoms with E-state index < -0.39 is 12.3 Å². The molecule has 0 aliphatic heterocycles. The summed E-state index contributed by atoms with van der Waals surface area (Å²) >= 11 is 3.28. The van der Waals surface area contributed by atoms with Crippen molar-refractivity contribution in [3.05, 3.63) is 28.2 Å². The lowest BCUT2D eigenvalue weighted by atomic mass is 10.2. The van der Waals surface area contributed by atoms with E-state index in [1.807, 2.05) is 0 Å². The van der Waals surface area contributed by atoms with Crippen molar-refractivity contribution in [1.29, 1.82) is 0 Å². The second kappa shape index (κ2) is 5.84. The van der Waals surface area contributed by atoms with Crippen LogP contribution in [0.4, 0.5) is 4.39 Å². The van der Waals surface area contributed by atoms with Crippen LogP contribution in [0.2, 0.25) is 0 Å². The molecule has 0 amide bonds. The molecule has 0 fully saturated rings. The molecule has 5 heteroatoms. The molecule has 3 nitrogen and oxygen atoms in total. The van der Waals surface area contributed by atoms with Gasteiger partial charge in [0.1, 0.15) is 5.75 Å². The smallest absolute Gasteiger partial charge is 0.381 e. The van der Waals surface area contributed by atoms with Gasteiger partial charge in [0, 0.05) is 4.47 Å². The Labute approximate surface area is 102 Å². The Balaban J connectivity index is 2.69. The average Bonchev–Trinajstić information content (AvgIpc) is 2.22. The summed E-state index contributed by atoms with van der Waals surface area (Å²) in [6.45, 7) is 3.50. The molecule has 0 heterocycles. The van der Waals surface area contributed by atoms with E-state index in [4.69, 9.17) is 4.74 Å². The predicted octanol–water partition coefficient (Wildman–Crippen LogP) is 3.00. The number of hydrogen-bond donors (Lipinski definition) is 0. The fraction of sp³-hybridized carbons (Fsp3) is 0.364. The molecule has 16 heavy (non-hydrogen) atoms. The number of ether oxygens (including phenoxy) is 2. The Morgan fingerprint density at radius 3 is 2.81 bits per heavy atom. The third kappa shape index (κ3) is 3.48. The Morgan fingerprint density at radius 1 is 1.56 bits per heavy atom. The number of benzene rings is 1. The number of esters is 1. The Hall–Kier alpha value is -1.10. The van der Waals surface area contributed by atoms with Crippen LogP contribution in [0.1, 0.15) is 12.5 Å². The summed E-state index contributed by atoms with van der Waals surface area (Å²) < 4.78 is 23.4. The molecular formula is C11H12BrFO3. The molecule has 0 radical (unpaired) electrons. The summed E-state index contributed by atoms with van der Waals surface area (Å²) in [5.41, 5.74) is 0.737. The number of carbonyl (C=O) groups excluding carboxylic acids is 1. The molecular weight excluding hydrogens is 279 g/mol. The first-order chi connectivity index (χ1) is 7.54. The standard InChI is InChI=1S/C11H12BrFO3/c1-3-15-11(14)10(13)16-9-5-4-8(12)6-7(9)2/h4-6,10H,3H2,1-2H3. The van der Waals surface area contributed by atoms with Crippen LogP contribution in [-0.4, -0.2) is 18.9 Å². The largest absolute Gasteiger partial charge is 0.461 e. The van der Waals surface area contributed by atoms with E-state index in [9.17, 15) is 9.18 Å². The third-order valence-corrected chi connectivity index (χ3v) is 2.33. The first-order valence-corrected chi connectivity index (χ1v) is 5.57. The van der Waals surface area contributed by atoms with E-state index in [0.717, 1.165) is 10.0 Å². The number of alkyl halides is 1. The quantitative estimate of drug-likeness (QED) is 0.800. The van der Waals surface area contributed by atoms with E-state index >= 15 is 0 Å². The first-order valence-electron chi connectivity index (χ1n) is 4.78. The molecule has 0 saturated carbocycles. The van der Waals surface area contributed by atoms with Crippen molar-refractivity contribution in [2.45, 2.75) is 20.2 Å². The van der Waals surface area contributed by atoms with Crippen LogP contribution in [0.5, 0.6) is 5.75 Å². The van der Waals surface area contributed by atoms with Crippen LogP contribution < -0.4 is 4.74 Å². The molecule has 0 aliphatic carbocycles. The molecule has 1 unspecified atom stereocenters. The minimum absolute atomic E-state index is 0.127. The van der Waals surface area contributed by atoms with Crippen molar-refractivity contribution in [1.82, 2.24) is 0 Å². The summed E-state index contributed by atoms with van der Waals surface area (Å²) in [7, 11) is 0. The van der Waals surface area contributed by atoms with Gasteiger partial charge in [-0.3, -0.25) is 0 Å². The van der Waals surface area contributed by atoms with Gasteiger partial charge in [-0.2, -0.15) is 4.39 Å². The average molecular weight is 291 g/mol. The SMILES string of the molecule is CCOC(=O)C(F)Oc1ccc(Br)cc1C. The van der Waals surface area contributed by atoms with Gasteiger partial charge < -0.3 is 9.47 Å². The van der Waals surface area contributed by atoms with Gasteiger partial charge in [0.25, 0.3) is 0 Å². The summed E-state index contributed by atoms with van der Waals surface area (Å²) in [6, 6.07) is 5.07. The molecule has 0 aliphatic rings. The predicted molar refractivity (Wildman–Crippen MR) is 61.0 cm³/mol. The lowest BCUT2D eigenvalue weighted by Gasteiger charge is -2.12. The van der Waals surface area contributed by atoms with Crippen LogP contribution in [-0.2, 0) is 9.53 Å². The van der Waals surface area contributed by atoms with Crippen molar-refractivity contribution in [2.75, 3.05) is 6.61 Å². The van der Waals surface area contributed by atoms with Crippen molar-refractivity contribution >= 4 is 21.9 Å². The maximum Gasteiger partial charge on any atom is 0.381 e. The van der Waals surface area contributed by atoms with E-state index in [0.29, 0.717) is 5.75 Å². The molecule has 1 atom stereocenters. The number of aryl methyl sites for hydroxylation is 1. The Kier molecular flexibility index (Phi) is 4.73. The van der Waals surface area contributed by atoms with Gasteiger partial charge in [-0.1, -0.05) is 15.9 Å². The van der Waals surface area contributed by atoms with E-state index in [2.05, 4.69) is 20.7 Å². The van der Waals surface area contributed by atoms with Crippen LogP contribution in [0, 0.1) is 6.92 Å². The summed E-state index contributed by atoms with van der Waals surface area (Å²) in [5.74, 6) is -0.687. The Bertz CT molecular complexity index is 381. The molecule has 0 aromatic heterocycles. The highest BCUT2D eigenvalue weighted by Crippen LogP contribution is 2.23. The van der Waals surface area contributed by atoms with Gasteiger partial charge in [-0.25, -0.2) is 4.79 Å². The monoisotopic (exact) mass is 290 g/mol. The van der Waals surface area contributed by atoms with Crippen molar-refractivity contribution in [2.24, 2.45) is 0 Å². The normalized spacial score (nSPS) is 12.0. The lowest BCUT2D eigenvalue weighted by Crippen LogP contribution is -2.25. The van der Waals surface area contributed by atoms with Crippen LogP contribution in [0.25, 0.3) is 0 Å². The zero-order valence-corrected chi connectivity index (χ0v) is 10.6. The van der Waals surface area contributed by atoms with Crippen LogP contribution in [0.15, 0.2) is 22.7 Å². The molecule has 1 rings (SSSR count). The highest BCUT2D eigenvalue weighted by Gasteiger charge is 2.20. The molecule has 88 valence electrons. The molecule has 0 saturated heterocycles. The highest BCUT2D eigenvalue weighted by atomic mass is 79.9. The number of carbonyl (C=O) groups is 1. The van der Waals surface area contributed by atoms with Gasteiger partial charge in [-0.15, -0.1) is 0 Å². The highest BCUT2D eigenvalue weighted by molar-refractivity contribution is 9.10. The van der Waals surface area contributed by atoms with Crippen molar-refractivity contribution < 1.29 is 18.7 Å². The minimum Gasteiger partial charge on any atom is -0.461 e. The molecule has 0 bridgehead atoms. The van der Waals surface area contributed by atoms with E-state index in [1.54, 1.807) is 32.0 Å². The number of halogens is 2. The maximum absolute atomic E-state index is 13.2. The van der Waals surface area contributed by atoms with Gasteiger partial charge in [0.05, 0.1) is 6.61 Å². The fourth-order valence-electron chi connectivity index (χ4n) is 1.11. The topological polar surface area (TPSA) is 35.5 Å². The molecule has 0 spiro atoms. The molecule has 1 aromatic carbocycles. The second-order valence-electron chi connectivity index (χ2n) is 3.10. The zero-order chi connectivity index (χ0) is 12.1. The van der Waals surface area contributed by atoms with Gasteiger partial charge in [-0.05, 0) is 37.6 Å². The summed E-state index contributed by atoms with van der Waals surface area (Å²) in [4.78, 5) is 11.0.